The van der Waals surface area contributed by atoms with Gasteiger partial charge in [-0.15, -0.1) is 0 Å². The van der Waals surface area contributed by atoms with Crippen LogP contribution in [0.15, 0.2) is 54.6 Å². The molecule has 2 aromatic carbocycles. The van der Waals surface area contributed by atoms with Crippen LogP contribution in [0, 0.1) is 5.41 Å². The molecule has 4 nitrogen and oxygen atoms in total. The van der Waals surface area contributed by atoms with E-state index in [1.54, 1.807) is 24.1 Å². The van der Waals surface area contributed by atoms with Crippen molar-refractivity contribution in [1.29, 1.82) is 0 Å². The molecule has 2 rings (SSSR count). The average Bonchev–Trinajstić information content (AvgIpc) is 2.55. The van der Waals surface area contributed by atoms with Crippen LogP contribution in [0.25, 0.3) is 0 Å². The zero-order valence-electron chi connectivity index (χ0n) is 14.0. The first-order valence-electron chi connectivity index (χ1n) is 7.70. The minimum absolute atomic E-state index is 0.0370. The topological polar surface area (TPSA) is 55.6 Å². The molecule has 0 atom stereocenters. The molecule has 1 amide bonds. The molecule has 0 fully saturated rings. The van der Waals surface area contributed by atoms with Gasteiger partial charge in [0.05, 0.1) is 0 Å². The molecule has 2 N–H and O–H groups in total. The van der Waals surface area contributed by atoms with Crippen LogP contribution in [-0.4, -0.2) is 30.9 Å². The molecule has 0 saturated carbocycles. The lowest BCUT2D eigenvalue weighted by molar-refractivity contribution is 0.0740. The summed E-state index contributed by atoms with van der Waals surface area (Å²) in [5, 5.41) is 0. The first kappa shape index (κ1) is 17.0. The van der Waals surface area contributed by atoms with E-state index in [-0.39, 0.29) is 11.3 Å². The lowest BCUT2D eigenvalue weighted by Gasteiger charge is -2.29. The number of ether oxygens (including phenoxy) is 1. The highest BCUT2D eigenvalue weighted by Gasteiger charge is 2.22. The first-order valence-corrected chi connectivity index (χ1v) is 7.70. The number of carbonyl (C=O) groups is 1. The van der Waals surface area contributed by atoms with Gasteiger partial charge < -0.3 is 15.4 Å². The van der Waals surface area contributed by atoms with Crippen LogP contribution in [-0.2, 0) is 0 Å². The van der Waals surface area contributed by atoms with Crippen molar-refractivity contribution < 1.29 is 9.53 Å². The van der Waals surface area contributed by atoms with Crippen LogP contribution in [0.4, 0.5) is 0 Å². The quantitative estimate of drug-likeness (QED) is 0.887. The molecule has 0 aliphatic heterocycles. The maximum atomic E-state index is 12.6. The molecule has 0 unspecified atom stereocenters. The van der Waals surface area contributed by atoms with Crippen molar-refractivity contribution in [3.63, 3.8) is 0 Å². The van der Waals surface area contributed by atoms with Crippen LogP contribution in [0.1, 0.15) is 24.2 Å². The summed E-state index contributed by atoms with van der Waals surface area (Å²) < 4.78 is 5.78. The second-order valence-electron chi connectivity index (χ2n) is 6.47. The summed E-state index contributed by atoms with van der Waals surface area (Å²) in [4.78, 5) is 14.3. The fourth-order valence-electron chi connectivity index (χ4n) is 2.32. The zero-order valence-corrected chi connectivity index (χ0v) is 14.0. The summed E-state index contributed by atoms with van der Waals surface area (Å²) in [6.07, 6.45) is 0. The van der Waals surface area contributed by atoms with Gasteiger partial charge in [0.15, 0.2) is 0 Å². The van der Waals surface area contributed by atoms with Crippen molar-refractivity contribution in [3.05, 3.63) is 60.2 Å². The van der Waals surface area contributed by atoms with Gasteiger partial charge >= 0.3 is 0 Å². The van der Waals surface area contributed by atoms with Crippen molar-refractivity contribution in [1.82, 2.24) is 4.90 Å². The Bertz CT molecular complexity index is 653. The maximum Gasteiger partial charge on any atom is 0.253 e. The summed E-state index contributed by atoms with van der Waals surface area (Å²) in [6.45, 7) is 5.23. The number of hydrogen-bond donors (Lipinski definition) is 1. The van der Waals surface area contributed by atoms with Gasteiger partial charge in [0.1, 0.15) is 11.5 Å². The molecule has 122 valence electrons. The van der Waals surface area contributed by atoms with E-state index in [1.165, 1.54) is 0 Å². The van der Waals surface area contributed by atoms with E-state index in [0.29, 0.717) is 24.4 Å². The second-order valence-corrected chi connectivity index (χ2v) is 6.47. The maximum absolute atomic E-state index is 12.6. The monoisotopic (exact) mass is 312 g/mol. The van der Waals surface area contributed by atoms with E-state index in [1.807, 2.05) is 56.3 Å². The van der Waals surface area contributed by atoms with Crippen molar-refractivity contribution in [2.24, 2.45) is 11.1 Å². The van der Waals surface area contributed by atoms with Crippen molar-refractivity contribution >= 4 is 5.91 Å². The highest BCUT2D eigenvalue weighted by Crippen LogP contribution is 2.23. The van der Waals surface area contributed by atoms with Gasteiger partial charge in [-0.3, -0.25) is 4.79 Å². The molecule has 0 radical (unpaired) electrons. The number of benzene rings is 2. The minimum Gasteiger partial charge on any atom is -0.457 e. The summed E-state index contributed by atoms with van der Waals surface area (Å²) >= 11 is 0. The third-order valence-electron chi connectivity index (χ3n) is 3.62. The highest BCUT2D eigenvalue weighted by atomic mass is 16.5. The normalized spacial score (nSPS) is 11.1. The van der Waals surface area contributed by atoms with Crippen LogP contribution < -0.4 is 10.5 Å². The number of para-hydroxylation sites is 1. The molecule has 4 heteroatoms. The van der Waals surface area contributed by atoms with Gasteiger partial charge in [-0.2, -0.15) is 0 Å². The van der Waals surface area contributed by atoms with Gasteiger partial charge in [-0.05, 0) is 42.3 Å². The van der Waals surface area contributed by atoms with Crippen molar-refractivity contribution in [2.75, 3.05) is 20.1 Å². The third-order valence-corrected chi connectivity index (χ3v) is 3.62. The predicted molar refractivity (Wildman–Crippen MR) is 92.8 cm³/mol. The Morgan fingerprint density at radius 1 is 1.09 bits per heavy atom. The molecule has 0 aliphatic rings. The lowest BCUT2D eigenvalue weighted by atomic mass is 9.93. The first-order chi connectivity index (χ1) is 10.9. The number of nitrogens with two attached hydrogens (primary N) is 1. The van der Waals surface area contributed by atoms with E-state index in [0.717, 1.165) is 5.75 Å². The number of rotatable bonds is 6. The molecule has 0 spiro atoms. The van der Waals surface area contributed by atoms with Crippen molar-refractivity contribution in [3.8, 4) is 11.5 Å². The molecule has 0 aliphatic carbocycles. The van der Waals surface area contributed by atoms with Crippen molar-refractivity contribution in [2.45, 2.75) is 13.8 Å². The average molecular weight is 312 g/mol. The van der Waals surface area contributed by atoms with Crippen LogP contribution in [0.5, 0.6) is 11.5 Å². The van der Waals surface area contributed by atoms with Crippen LogP contribution in [0.2, 0.25) is 0 Å². The molecule has 0 bridgehead atoms. The molecule has 0 aromatic heterocycles. The summed E-state index contributed by atoms with van der Waals surface area (Å²) in [7, 11) is 1.80. The Balaban J connectivity index is 2.11. The number of amides is 1. The smallest absolute Gasteiger partial charge is 0.253 e. The number of hydrogen-bond acceptors (Lipinski definition) is 3. The Morgan fingerprint density at radius 3 is 2.39 bits per heavy atom. The van der Waals surface area contributed by atoms with Gasteiger partial charge in [0.25, 0.3) is 5.91 Å². The molecular formula is C19H24N2O2. The third kappa shape index (κ3) is 4.83. The van der Waals surface area contributed by atoms with E-state index in [9.17, 15) is 4.79 Å². The molecular weight excluding hydrogens is 288 g/mol. The lowest BCUT2D eigenvalue weighted by Crippen LogP contribution is -2.39. The molecule has 23 heavy (non-hydrogen) atoms. The summed E-state index contributed by atoms with van der Waals surface area (Å²) in [5.41, 5.74) is 6.24. The largest absolute Gasteiger partial charge is 0.457 e. The SMILES string of the molecule is CN(CC(C)(C)CN)C(=O)c1cccc(Oc2ccccc2)c1. The Hall–Kier alpha value is -2.33. The second kappa shape index (κ2) is 7.29. The Morgan fingerprint density at radius 2 is 1.74 bits per heavy atom. The Kier molecular flexibility index (Phi) is 5.40. The zero-order chi connectivity index (χ0) is 16.9. The van der Waals surface area contributed by atoms with Gasteiger partial charge in [0.2, 0.25) is 0 Å². The number of nitrogens with zero attached hydrogens (tertiary/aromatic N) is 1. The standard InChI is InChI=1S/C19H24N2O2/c1-19(2,13-20)14-21(3)18(22)15-8-7-11-17(12-15)23-16-9-5-4-6-10-16/h4-12H,13-14,20H2,1-3H3. The fraction of sp³-hybridized carbons (Fsp3) is 0.316. The van der Waals surface area contributed by atoms with E-state index in [4.69, 9.17) is 10.5 Å². The molecule has 0 heterocycles. The Labute approximate surface area is 137 Å². The summed E-state index contributed by atoms with van der Waals surface area (Å²) in [5.74, 6) is 1.35. The molecule has 2 aromatic rings. The van der Waals surface area contributed by atoms with E-state index < -0.39 is 0 Å². The van der Waals surface area contributed by atoms with Gasteiger partial charge in [-0.1, -0.05) is 38.1 Å². The highest BCUT2D eigenvalue weighted by molar-refractivity contribution is 5.94. The van der Waals surface area contributed by atoms with Gasteiger partial charge in [-0.25, -0.2) is 0 Å². The van der Waals surface area contributed by atoms with Crippen LogP contribution in [0.3, 0.4) is 0 Å². The predicted octanol–water partition coefficient (Wildman–Crippen LogP) is 3.54. The fourth-order valence-corrected chi connectivity index (χ4v) is 2.32. The van der Waals surface area contributed by atoms with E-state index in [2.05, 4.69) is 0 Å². The number of carbonyl (C=O) groups excluding carboxylic acids is 1. The molecule has 0 saturated heterocycles. The van der Waals surface area contributed by atoms with E-state index >= 15 is 0 Å². The summed E-state index contributed by atoms with van der Waals surface area (Å²) in [6, 6.07) is 16.7. The minimum atomic E-state index is -0.109. The van der Waals surface area contributed by atoms with Gasteiger partial charge in [0, 0.05) is 19.2 Å². The van der Waals surface area contributed by atoms with Crippen LogP contribution >= 0.6 is 0 Å².